The zero-order chi connectivity index (χ0) is 15.2. The highest BCUT2D eigenvalue weighted by Gasteiger charge is 2.23. The van der Waals surface area contributed by atoms with Gasteiger partial charge in [-0.2, -0.15) is 5.26 Å². The van der Waals surface area contributed by atoms with Crippen LogP contribution in [-0.2, 0) is 14.3 Å². The summed E-state index contributed by atoms with van der Waals surface area (Å²) in [4.78, 5) is 23.1. The van der Waals surface area contributed by atoms with Crippen molar-refractivity contribution in [2.75, 3.05) is 6.61 Å². The van der Waals surface area contributed by atoms with Gasteiger partial charge in [0.15, 0.2) is 6.61 Å². The van der Waals surface area contributed by atoms with E-state index in [1.165, 1.54) is 6.08 Å². The van der Waals surface area contributed by atoms with Crippen LogP contribution in [0.1, 0.15) is 18.4 Å². The van der Waals surface area contributed by atoms with Gasteiger partial charge in [-0.15, -0.1) is 0 Å². The number of ether oxygens (including phenoxy) is 1. The molecule has 5 nitrogen and oxygen atoms in total. The molecule has 0 aromatic heterocycles. The molecule has 0 atom stereocenters. The Balaban J connectivity index is 1.92. The quantitative estimate of drug-likeness (QED) is 0.513. The first-order valence-corrected chi connectivity index (χ1v) is 6.80. The molecule has 0 saturated heterocycles. The number of nitrogens with one attached hydrogen (secondary N) is 1. The Morgan fingerprint density at radius 3 is 2.62 bits per heavy atom. The molecule has 108 valence electrons. The highest BCUT2D eigenvalue weighted by molar-refractivity contribution is 6.30. The molecule has 0 spiro atoms. The average Bonchev–Trinajstić information content (AvgIpc) is 3.28. The van der Waals surface area contributed by atoms with E-state index in [1.807, 2.05) is 0 Å². The third-order valence-electron chi connectivity index (χ3n) is 2.80. The van der Waals surface area contributed by atoms with Crippen molar-refractivity contribution < 1.29 is 14.3 Å². The fourth-order valence-electron chi connectivity index (χ4n) is 1.57. The van der Waals surface area contributed by atoms with Crippen LogP contribution in [0.15, 0.2) is 29.8 Å². The van der Waals surface area contributed by atoms with Crippen molar-refractivity contribution in [3.8, 4) is 6.07 Å². The third kappa shape index (κ3) is 4.93. The molecule has 21 heavy (non-hydrogen) atoms. The van der Waals surface area contributed by atoms with Crippen LogP contribution in [0.4, 0.5) is 0 Å². The molecule has 1 aromatic carbocycles. The molecular formula is C15H13ClN2O3. The summed E-state index contributed by atoms with van der Waals surface area (Å²) in [5, 5.41) is 12.2. The minimum atomic E-state index is -0.821. The number of benzene rings is 1. The SMILES string of the molecule is N#CC(=Cc1ccc(Cl)cc1)C(=O)OCC(=O)NC1CC1. The van der Waals surface area contributed by atoms with E-state index in [2.05, 4.69) is 5.32 Å². The second-order valence-electron chi connectivity index (χ2n) is 4.64. The minimum absolute atomic E-state index is 0.170. The average molecular weight is 305 g/mol. The molecule has 0 heterocycles. The molecule has 1 saturated carbocycles. The predicted octanol–water partition coefficient (Wildman–Crippen LogP) is 2.07. The molecule has 0 aliphatic heterocycles. The van der Waals surface area contributed by atoms with Gasteiger partial charge in [-0.05, 0) is 36.6 Å². The van der Waals surface area contributed by atoms with Crippen molar-refractivity contribution in [1.29, 1.82) is 5.26 Å². The van der Waals surface area contributed by atoms with E-state index in [-0.39, 0.29) is 24.1 Å². The Morgan fingerprint density at radius 2 is 2.05 bits per heavy atom. The van der Waals surface area contributed by atoms with Crippen LogP contribution in [0, 0.1) is 11.3 Å². The lowest BCUT2D eigenvalue weighted by Gasteiger charge is -2.04. The summed E-state index contributed by atoms with van der Waals surface area (Å²) >= 11 is 5.75. The van der Waals surface area contributed by atoms with Crippen molar-refractivity contribution in [1.82, 2.24) is 5.32 Å². The van der Waals surface area contributed by atoms with Gasteiger partial charge in [-0.25, -0.2) is 4.79 Å². The van der Waals surface area contributed by atoms with Gasteiger partial charge in [0, 0.05) is 11.1 Å². The van der Waals surface area contributed by atoms with Crippen LogP contribution in [0.5, 0.6) is 0 Å². The Bertz CT molecular complexity index is 613. The van der Waals surface area contributed by atoms with Gasteiger partial charge in [-0.3, -0.25) is 4.79 Å². The predicted molar refractivity (Wildman–Crippen MR) is 77.2 cm³/mol. The van der Waals surface area contributed by atoms with Crippen LogP contribution in [-0.4, -0.2) is 24.5 Å². The number of carbonyl (C=O) groups excluding carboxylic acids is 2. The number of halogens is 1. The van der Waals surface area contributed by atoms with Gasteiger partial charge in [0.25, 0.3) is 5.91 Å². The van der Waals surface area contributed by atoms with Gasteiger partial charge >= 0.3 is 5.97 Å². The van der Waals surface area contributed by atoms with Gasteiger partial charge in [-0.1, -0.05) is 23.7 Å². The summed E-state index contributed by atoms with van der Waals surface area (Å²) in [7, 11) is 0. The fraction of sp³-hybridized carbons (Fsp3) is 0.267. The van der Waals surface area contributed by atoms with E-state index in [4.69, 9.17) is 21.6 Å². The molecule has 0 radical (unpaired) electrons. The number of nitriles is 1. The molecule has 1 amide bonds. The number of hydrogen-bond acceptors (Lipinski definition) is 4. The maximum absolute atomic E-state index is 11.7. The van der Waals surface area contributed by atoms with E-state index in [9.17, 15) is 9.59 Å². The number of rotatable bonds is 5. The Kier molecular flexibility index (Phi) is 4.96. The van der Waals surface area contributed by atoms with Crippen molar-refractivity contribution in [2.24, 2.45) is 0 Å². The fourth-order valence-corrected chi connectivity index (χ4v) is 1.69. The largest absolute Gasteiger partial charge is 0.451 e. The molecule has 0 unspecified atom stereocenters. The number of amides is 1. The normalized spacial score (nSPS) is 14.2. The molecule has 6 heteroatoms. The summed E-state index contributed by atoms with van der Waals surface area (Å²) in [5.41, 5.74) is 0.479. The van der Waals surface area contributed by atoms with Gasteiger partial charge in [0.05, 0.1) is 0 Å². The molecule has 1 aromatic rings. The maximum Gasteiger partial charge on any atom is 0.349 e. The van der Waals surface area contributed by atoms with E-state index in [0.29, 0.717) is 10.6 Å². The molecule has 1 fully saturated rings. The number of hydrogen-bond donors (Lipinski definition) is 1. The summed E-state index contributed by atoms with van der Waals surface area (Å²) in [5.74, 6) is -1.17. The summed E-state index contributed by atoms with van der Waals surface area (Å²) in [6.45, 7) is -0.380. The standard InChI is InChI=1S/C15H13ClN2O3/c16-12-3-1-10(2-4-12)7-11(8-17)15(20)21-9-14(19)18-13-5-6-13/h1-4,7,13H,5-6,9H2,(H,18,19). The molecule has 2 rings (SSSR count). The lowest BCUT2D eigenvalue weighted by Crippen LogP contribution is -2.30. The number of esters is 1. The van der Waals surface area contributed by atoms with E-state index in [0.717, 1.165) is 12.8 Å². The number of carbonyl (C=O) groups is 2. The number of nitrogens with zero attached hydrogens (tertiary/aromatic N) is 1. The van der Waals surface area contributed by atoms with E-state index in [1.54, 1.807) is 30.3 Å². The van der Waals surface area contributed by atoms with Crippen LogP contribution >= 0.6 is 11.6 Å². The summed E-state index contributed by atoms with van der Waals surface area (Å²) in [6, 6.07) is 8.61. The lowest BCUT2D eigenvalue weighted by molar-refractivity contribution is -0.144. The second kappa shape index (κ2) is 6.91. The van der Waals surface area contributed by atoms with Crippen molar-refractivity contribution in [3.63, 3.8) is 0 Å². The topological polar surface area (TPSA) is 79.2 Å². The first-order chi connectivity index (χ1) is 10.1. The van der Waals surface area contributed by atoms with Crippen molar-refractivity contribution >= 4 is 29.6 Å². The van der Waals surface area contributed by atoms with Crippen LogP contribution < -0.4 is 5.32 Å². The van der Waals surface area contributed by atoms with Crippen molar-refractivity contribution in [2.45, 2.75) is 18.9 Å². The Labute approximate surface area is 127 Å². The van der Waals surface area contributed by atoms with Crippen molar-refractivity contribution in [3.05, 3.63) is 40.4 Å². The first kappa shape index (κ1) is 15.1. The molecule has 1 N–H and O–H groups in total. The Hall–Kier alpha value is -2.32. The third-order valence-corrected chi connectivity index (χ3v) is 3.05. The summed E-state index contributed by atoms with van der Waals surface area (Å²) in [6.07, 6.45) is 3.30. The molecule has 1 aliphatic rings. The molecule has 1 aliphatic carbocycles. The van der Waals surface area contributed by atoms with Gasteiger partial charge in [0.1, 0.15) is 11.6 Å². The first-order valence-electron chi connectivity index (χ1n) is 6.42. The zero-order valence-electron chi connectivity index (χ0n) is 11.1. The molecule has 0 bridgehead atoms. The van der Waals surface area contributed by atoms with Crippen LogP contribution in [0.2, 0.25) is 5.02 Å². The minimum Gasteiger partial charge on any atom is -0.451 e. The summed E-state index contributed by atoms with van der Waals surface area (Å²) < 4.78 is 4.81. The maximum atomic E-state index is 11.7. The lowest BCUT2D eigenvalue weighted by atomic mass is 10.1. The van der Waals surface area contributed by atoms with Gasteiger partial charge in [0.2, 0.25) is 0 Å². The highest BCUT2D eigenvalue weighted by Crippen LogP contribution is 2.18. The zero-order valence-corrected chi connectivity index (χ0v) is 11.9. The van der Waals surface area contributed by atoms with Crippen LogP contribution in [0.3, 0.4) is 0 Å². The van der Waals surface area contributed by atoms with E-state index >= 15 is 0 Å². The molecular weight excluding hydrogens is 292 g/mol. The van der Waals surface area contributed by atoms with E-state index < -0.39 is 5.97 Å². The van der Waals surface area contributed by atoms with Gasteiger partial charge < -0.3 is 10.1 Å². The van der Waals surface area contributed by atoms with Crippen LogP contribution in [0.25, 0.3) is 6.08 Å². The monoisotopic (exact) mass is 304 g/mol. The Morgan fingerprint density at radius 1 is 1.38 bits per heavy atom. The second-order valence-corrected chi connectivity index (χ2v) is 5.08. The smallest absolute Gasteiger partial charge is 0.349 e. The highest BCUT2D eigenvalue weighted by atomic mass is 35.5.